The number of ether oxygens (including phenoxy) is 1. The largest absolute Gasteiger partial charge is 0.490 e. The highest BCUT2D eigenvalue weighted by molar-refractivity contribution is 7.18. The molecule has 25 heavy (non-hydrogen) atoms. The highest BCUT2D eigenvalue weighted by Gasteiger charge is 2.11. The number of nitrogens with one attached hydrogen (secondary N) is 1. The third-order valence-corrected chi connectivity index (χ3v) is 4.36. The quantitative estimate of drug-likeness (QED) is 0.639. The summed E-state index contributed by atoms with van der Waals surface area (Å²) < 4.78 is 5.39. The maximum atomic E-state index is 12.3. The van der Waals surface area contributed by atoms with Crippen molar-refractivity contribution < 1.29 is 9.53 Å². The molecule has 7 heteroatoms. The van der Waals surface area contributed by atoms with E-state index in [0.29, 0.717) is 33.1 Å². The minimum atomic E-state index is -0.255. The van der Waals surface area contributed by atoms with Gasteiger partial charge in [-0.25, -0.2) is 0 Å². The molecule has 2 aromatic carbocycles. The fourth-order valence-corrected chi connectivity index (χ4v) is 2.88. The van der Waals surface area contributed by atoms with E-state index in [9.17, 15) is 4.79 Å². The molecule has 126 valence electrons. The molecule has 1 heterocycles. The Morgan fingerprint density at radius 1 is 1.16 bits per heavy atom. The molecule has 0 bridgehead atoms. The smallest absolute Gasteiger partial charge is 0.257 e. The number of anilines is 1. The Bertz CT molecular complexity index is 876. The van der Waals surface area contributed by atoms with Gasteiger partial charge in [0.2, 0.25) is 5.13 Å². The number of benzene rings is 2. The van der Waals surface area contributed by atoms with Gasteiger partial charge in [-0.2, -0.15) is 0 Å². The maximum absolute atomic E-state index is 12.3. The topological polar surface area (TPSA) is 64.1 Å². The van der Waals surface area contributed by atoms with Gasteiger partial charge in [0.05, 0.1) is 0 Å². The Kier molecular flexibility index (Phi) is 5.42. The highest BCUT2D eigenvalue weighted by Crippen LogP contribution is 2.27. The molecular formula is C18H14ClN3O2S. The number of nitrogens with zero attached hydrogens (tertiary/aromatic N) is 2. The lowest BCUT2D eigenvalue weighted by molar-refractivity contribution is 0.102. The first-order chi connectivity index (χ1) is 12.2. The third kappa shape index (κ3) is 4.43. The molecule has 0 aliphatic heterocycles. The van der Waals surface area contributed by atoms with Crippen molar-refractivity contribution in [3.8, 4) is 16.3 Å². The molecule has 1 N–H and O–H groups in total. The highest BCUT2D eigenvalue weighted by atomic mass is 35.5. The minimum Gasteiger partial charge on any atom is -0.490 e. The summed E-state index contributed by atoms with van der Waals surface area (Å²) in [6, 6.07) is 14.1. The summed E-state index contributed by atoms with van der Waals surface area (Å²) in [6.07, 6.45) is 1.66. The third-order valence-electron chi connectivity index (χ3n) is 3.22. The SMILES string of the molecule is C=CCOc1ccc(C(=O)Nc2nnc(-c3ccc(Cl)cc3)s2)cc1. The van der Waals surface area contributed by atoms with Crippen molar-refractivity contribution in [2.24, 2.45) is 0 Å². The summed E-state index contributed by atoms with van der Waals surface area (Å²) in [7, 11) is 0. The Balaban J connectivity index is 1.67. The zero-order valence-electron chi connectivity index (χ0n) is 13.1. The second-order valence-corrected chi connectivity index (χ2v) is 6.41. The van der Waals surface area contributed by atoms with Crippen LogP contribution >= 0.6 is 22.9 Å². The van der Waals surface area contributed by atoms with Gasteiger partial charge in [0.1, 0.15) is 17.4 Å². The number of hydrogen-bond donors (Lipinski definition) is 1. The fraction of sp³-hybridized carbons (Fsp3) is 0.0556. The predicted octanol–water partition coefficient (Wildman–Crippen LogP) is 4.68. The van der Waals surface area contributed by atoms with Gasteiger partial charge in [0, 0.05) is 16.1 Å². The second kappa shape index (κ2) is 7.92. The molecule has 1 aromatic heterocycles. The molecule has 0 spiro atoms. The summed E-state index contributed by atoms with van der Waals surface area (Å²) in [4.78, 5) is 12.3. The number of carbonyl (C=O) groups is 1. The van der Waals surface area contributed by atoms with Gasteiger partial charge >= 0.3 is 0 Å². The number of amides is 1. The van der Waals surface area contributed by atoms with Crippen molar-refractivity contribution >= 4 is 34.0 Å². The van der Waals surface area contributed by atoms with Crippen LogP contribution in [0.25, 0.3) is 10.6 Å². The van der Waals surface area contributed by atoms with E-state index in [1.807, 2.05) is 12.1 Å². The first-order valence-corrected chi connectivity index (χ1v) is 8.60. The van der Waals surface area contributed by atoms with E-state index in [0.717, 1.165) is 5.56 Å². The first kappa shape index (κ1) is 17.1. The molecular weight excluding hydrogens is 358 g/mol. The van der Waals surface area contributed by atoms with Gasteiger partial charge in [0.15, 0.2) is 0 Å². The summed E-state index contributed by atoms with van der Waals surface area (Å²) in [5.74, 6) is 0.423. The zero-order valence-corrected chi connectivity index (χ0v) is 14.7. The Labute approximate surface area is 153 Å². The summed E-state index contributed by atoms with van der Waals surface area (Å²) >= 11 is 7.17. The monoisotopic (exact) mass is 371 g/mol. The molecule has 0 atom stereocenters. The number of hydrogen-bond acceptors (Lipinski definition) is 5. The minimum absolute atomic E-state index is 0.255. The molecule has 0 saturated carbocycles. The number of rotatable bonds is 6. The van der Waals surface area contributed by atoms with E-state index in [1.165, 1.54) is 11.3 Å². The summed E-state index contributed by atoms with van der Waals surface area (Å²) in [5, 5.41) is 12.6. The maximum Gasteiger partial charge on any atom is 0.257 e. The zero-order chi connectivity index (χ0) is 17.6. The van der Waals surface area contributed by atoms with E-state index >= 15 is 0 Å². The molecule has 1 amide bonds. The van der Waals surface area contributed by atoms with E-state index in [-0.39, 0.29) is 5.91 Å². The lowest BCUT2D eigenvalue weighted by atomic mass is 10.2. The van der Waals surface area contributed by atoms with Crippen molar-refractivity contribution in [2.45, 2.75) is 0 Å². The molecule has 0 aliphatic carbocycles. The van der Waals surface area contributed by atoms with Gasteiger partial charge in [-0.3, -0.25) is 10.1 Å². The lowest BCUT2D eigenvalue weighted by Gasteiger charge is -2.04. The molecule has 3 aromatic rings. The van der Waals surface area contributed by atoms with Gasteiger partial charge in [-0.15, -0.1) is 10.2 Å². The van der Waals surface area contributed by atoms with Crippen LogP contribution in [-0.2, 0) is 0 Å². The van der Waals surface area contributed by atoms with Crippen molar-refractivity contribution in [1.82, 2.24) is 10.2 Å². The average molecular weight is 372 g/mol. The van der Waals surface area contributed by atoms with Crippen LogP contribution in [0.15, 0.2) is 61.2 Å². The second-order valence-electron chi connectivity index (χ2n) is 5.00. The first-order valence-electron chi connectivity index (χ1n) is 7.40. The van der Waals surface area contributed by atoms with Crippen LogP contribution in [-0.4, -0.2) is 22.7 Å². The van der Waals surface area contributed by atoms with Crippen molar-refractivity contribution in [3.63, 3.8) is 0 Å². The Morgan fingerprint density at radius 3 is 2.56 bits per heavy atom. The van der Waals surface area contributed by atoms with Gasteiger partial charge in [-0.05, 0) is 36.4 Å². The Hall–Kier alpha value is -2.70. The standard InChI is InChI=1S/C18H14ClN3O2S/c1-2-11-24-15-9-5-12(6-10-15)16(23)20-18-22-21-17(25-18)13-3-7-14(19)8-4-13/h2-10H,1,11H2,(H,20,22,23). The Morgan fingerprint density at radius 2 is 1.88 bits per heavy atom. The van der Waals surface area contributed by atoms with Crippen LogP contribution in [0.1, 0.15) is 10.4 Å². The van der Waals surface area contributed by atoms with Crippen molar-refractivity contribution in [1.29, 1.82) is 0 Å². The molecule has 5 nitrogen and oxygen atoms in total. The van der Waals surface area contributed by atoms with Gasteiger partial charge < -0.3 is 4.74 Å². The van der Waals surface area contributed by atoms with Crippen LogP contribution in [0.3, 0.4) is 0 Å². The molecule has 0 radical (unpaired) electrons. The molecule has 0 aliphatic rings. The summed E-state index contributed by atoms with van der Waals surface area (Å²) in [6.45, 7) is 4.01. The van der Waals surface area contributed by atoms with Crippen LogP contribution in [0, 0.1) is 0 Å². The van der Waals surface area contributed by atoms with Crippen molar-refractivity contribution in [3.05, 3.63) is 71.8 Å². The fourth-order valence-electron chi connectivity index (χ4n) is 2.01. The molecule has 0 saturated heterocycles. The number of carbonyl (C=O) groups excluding carboxylic acids is 1. The van der Waals surface area contributed by atoms with Crippen molar-refractivity contribution in [2.75, 3.05) is 11.9 Å². The van der Waals surface area contributed by atoms with Gasteiger partial charge in [-0.1, -0.05) is 47.7 Å². The molecule has 0 unspecified atom stereocenters. The van der Waals surface area contributed by atoms with Crippen LogP contribution < -0.4 is 10.1 Å². The number of halogens is 1. The van der Waals surface area contributed by atoms with Crippen LogP contribution in [0.5, 0.6) is 5.75 Å². The van der Waals surface area contributed by atoms with Crippen LogP contribution in [0.4, 0.5) is 5.13 Å². The normalized spacial score (nSPS) is 10.3. The van der Waals surface area contributed by atoms with E-state index in [2.05, 4.69) is 22.1 Å². The lowest BCUT2D eigenvalue weighted by Crippen LogP contribution is -2.11. The average Bonchev–Trinajstić information content (AvgIpc) is 3.09. The van der Waals surface area contributed by atoms with E-state index in [1.54, 1.807) is 42.5 Å². The molecule has 0 fully saturated rings. The van der Waals surface area contributed by atoms with Crippen LogP contribution in [0.2, 0.25) is 5.02 Å². The van der Waals surface area contributed by atoms with Gasteiger partial charge in [0.25, 0.3) is 5.91 Å². The van der Waals surface area contributed by atoms with E-state index in [4.69, 9.17) is 16.3 Å². The predicted molar refractivity (Wildman–Crippen MR) is 100 cm³/mol. The molecule has 3 rings (SSSR count). The number of aromatic nitrogens is 2. The van der Waals surface area contributed by atoms with E-state index < -0.39 is 0 Å². The summed E-state index contributed by atoms with van der Waals surface area (Å²) in [5.41, 5.74) is 1.40.